The molecule has 0 aromatic heterocycles. The van der Waals surface area contributed by atoms with Crippen molar-refractivity contribution in [1.82, 2.24) is 0 Å². The van der Waals surface area contributed by atoms with Crippen LogP contribution in [0.15, 0.2) is 362 Å². The number of nitrogens with zero attached hydrogens (tertiary/aromatic N) is 6. The largest absolute Gasteiger partial charge is 0.378 e. The lowest BCUT2D eigenvalue weighted by atomic mass is 9.99. The second kappa shape index (κ2) is 37.2. The number of thiol groups is 2. The standard InChI is InChI=1S/C32H25NO.C24H27N3O.C22H21NO.C20H17NOS2/c1-33(30-20-16-27(17-21-30)25-10-6-3-7-11-25)31-22-18-29(19-23-31)32(34)28-14-12-26(13-15-28)24-8-4-2-5-9-24;1-25(2)20-10-6-18(7-11-20)24(28)19-8-12-22(13-9-19)27(5)23-16-14-21(15-17-23)26(3)4;1-16-4-8-18(9-5-16)22(24)19-10-14-21(15-11-19)23(3)20-12-6-17(2)7-13-20;1-21(17-8-12-19(24)13-9-17)16-6-2-14(3-7-16)20(22)15-4-10-18(23)11-5-15/h2-23H,1H3;6-17H,1-5H3;4-15H,1-3H3;2-13,23-24H,1H3. The molecule has 0 amide bonds. The van der Waals surface area contributed by atoms with Gasteiger partial charge < -0.3 is 29.4 Å². The van der Waals surface area contributed by atoms with Gasteiger partial charge in [-0.05, 0) is 254 Å². The summed E-state index contributed by atoms with van der Waals surface area (Å²) in [5.74, 6) is 0.132. The van der Waals surface area contributed by atoms with E-state index < -0.39 is 0 Å². The summed E-state index contributed by atoms with van der Waals surface area (Å²) in [4.78, 5) is 65.1. The normalized spacial score (nSPS) is 10.5. The third-order valence-electron chi connectivity index (χ3n) is 19.2. The van der Waals surface area contributed by atoms with Gasteiger partial charge >= 0.3 is 0 Å². The molecule has 14 rings (SSSR count). The van der Waals surface area contributed by atoms with Crippen LogP contribution < -0.4 is 29.4 Å². The van der Waals surface area contributed by atoms with E-state index in [1.807, 2.05) is 299 Å². The van der Waals surface area contributed by atoms with Crippen molar-refractivity contribution in [3.8, 4) is 22.3 Å². The molecule has 0 atom stereocenters. The number of carbonyl (C=O) groups excluding carboxylic acids is 4. The van der Waals surface area contributed by atoms with E-state index in [0.717, 1.165) is 83.2 Å². The fourth-order valence-corrected chi connectivity index (χ4v) is 12.5. The minimum atomic E-state index is 0.0111. The maximum atomic E-state index is 13.0. The van der Waals surface area contributed by atoms with Crippen LogP contribution in [0.4, 0.5) is 56.9 Å². The van der Waals surface area contributed by atoms with Gasteiger partial charge in [0.05, 0.1) is 0 Å². The highest BCUT2D eigenvalue weighted by molar-refractivity contribution is 7.80. The second-order valence-electron chi connectivity index (χ2n) is 27.2. The molecule has 0 fully saturated rings. The quantitative estimate of drug-likeness (QED) is 0.0568. The minimum absolute atomic E-state index is 0.0111. The number of carbonyl (C=O) groups is 4. The fraction of sp³-hybridized carbons (Fsp3) is 0.102. The molecule has 14 aromatic rings. The number of ketones is 4. The maximum Gasteiger partial charge on any atom is 0.193 e. The Morgan fingerprint density at radius 1 is 0.191 bits per heavy atom. The topological polar surface area (TPSA) is 87.7 Å². The molecule has 548 valence electrons. The molecule has 0 heterocycles. The number of rotatable bonds is 20. The lowest BCUT2D eigenvalue weighted by Crippen LogP contribution is -2.11. The van der Waals surface area contributed by atoms with E-state index in [4.69, 9.17) is 0 Å². The van der Waals surface area contributed by atoms with Gasteiger partial charge in [0.15, 0.2) is 23.1 Å². The summed E-state index contributed by atoms with van der Waals surface area (Å²) in [5, 5.41) is 0. The number of hydrogen-bond acceptors (Lipinski definition) is 12. The third-order valence-corrected chi connectivity index (χ3v) is 19.8. The zero-order chi connectivity index (χ0) is 77.8. The van der Waals surface area contributed by atoms with Crippen LogP contribution in [-0.4, -0.2) is 79.5 Å². The highest BCUT2D eigenvalue weighted by Gasteiger charge is 2.17. The molecule has 12 heteroatoms. The summed E-state index contributed by atoms with van der Waals surface area (Å²) in [7, 11) is 16.1. The molecule has 0 saturated heterocycles. The Bertz CT molecular complexity index is 5170. The van der Waals surface area contributed by atoms with E-state index in [0.29, 0.717) is 38.9 Å². The molecule has 0 saturated carbocycles. The summed E-state index contributed by atoms with van der Waals surface area (Å²) < 4.78 is 0. The van der Waals surface area contributed by atoms with Crippen LogP contribution in [0.1, 0.15) is 74.8 Å². The molecule has 0 aliphatic carbocycles. The van der Waals surface area contributed by atoms with Crippen molar-refractivity contribution < 1.29 is 19.2 Å². The first-order valence-electron chi connectivity index (χ1n) is 36.3. The third kappa shape index (κ3) is 20.5. The summed E-state index contributed by atoms with van der Waals surface area (Å²) in [5.41, 5.74) is 23.3. The summed E-state index contributed by atoms with van der Waals surface area (Å²) in [6.45, 7) is 4.10. The first-order valence-corrected chi connectivity index (χ1v) is 37.1. The molecule has 14 aromatic carbocycles. The van der Waals surface area contributed by atoms with Crippen molar-refractivity contribution in [1.29, 1.82) is 0 Å². The smallest absolute Gasteiger partial charge is 0.193 e. The van der Waals surface area contributed by atoms with Gasteiger partial charge in [0.25, 0.3) is 0 Å². The summed E-state index contributed by atoms with van der Waals surface area (Å²) in [6.07, 6.45) is 0. The Hall–Kier alpha value is -12.7. The first-order chi connectivity index (χ1) is 53.1. The summed E-state index contributed by atoms with van der Waals surface area (Å²) >= 11 is 8.55. The predicted octanol–water partition coefficient (Wildman–Crippen LogP) is 23.4. The van der Waals surface area contributed by atoms with Crippen LogP contribution in [0.3, 0.4) is 0 Å². The molecule has 0 aliphatic rings. The van der Waals surface area contributed by atoms with Crippen molar-refractivity contribution in [2.24, 2.45) is 0 Å². The molecule has 0 bridgehead atoms. The van der Waals surface area contributed by atoms with E-state index >= 15 is 0 Å². The van der Waals surface area contributed by atoms with Crippen molar-refractivity contribution in [2.75, 3.05) is 85.8 Å². The fourth-order valence-electron chi connectivity index (χ4n) is 12.2. The molecule has 0 aliphatic heterocycles. The van der Waals surface area contributed by atoms with E-state index in [-0.39, 0.29) is 23.1 Å². The van der Waals surface area contributed by atoms with E-state index in [1.54, 1.807) is 12.1 Å². The van der Waals surface area contributed by atoms with Gasteiger partial charge in [-0.15, -0.1) is 25.3 Å². The lowest BCUT2D eigenvalue weighted by Gasteiger charge is -2.21. The van der Waals surface area contributed by atoms with Gasteiger partial charge in [0, 0.05) is 168 Å². The van der Waals surface area contributed by atoms with Crippen LogP contribution in [0.5, 0.6) is 0 Å². The Kier molecular flexibility index (Phi) is 26.5. The van der Waals surface area contributed by atoms with Crippen molar-refractivity contribution in [3.05, 3.63) is 407 Å². The zero-order valence-electron chi connectivity index (χ0n) is 63.7. The molecular formula is C98H90N6O4S2. The van der Waals surface area contributed by atoms with Crippen LogP contribution in [-0.2, 0) is 0 Å². The van der Waals surface area contributed by atoms with E-state index in [9.17, 15) is 19.2 Å². The van der Waals surface area contributed by atoms with Crippen LogP contribution >= 0.6 is 25.3 Å². The number of hydrogen-bond donors (Lipinski definition) is 2. The zero-order valence-corrected chi connectivity index (χ0v) is 65.5. The Morgan fingerprint density at radius 3 is 0.609 bits per heavy atom. The minimum Gasteiger partial charge on any atom is -0.378 e. The molecule has 10 nitrogen and oxygen atoms in total. The van der Waals surface area contributed by atoms with Crippen molar-refractivity contribution >= 4 is 105 Å². The number of benzene rings is 14. The molecule has 0 radical (unpaired) electrons. The lowest BCUT2D eigenvalue weighted by molar-refractivity contribution is 0.103. The predicted molar refractivity (Wildman–Crippen MR) is 467 cm³/mol. The second-order valence-corrected chi connectivity index (χ2v) is 28.2. The number of anilines is 10. The molecule has 0 spiro atoms. The van der Waals surface area contributed by atoms with E-state index in [1.165, 1.54) is 22.4 Å². The average Bonchev–Trinajstić information content (AvgIpc) is 0.777. The van der Waals surface area contributed by atoms with Gasteiger partial charge in [0.2, 0.25) is 0 Å². The van der Waals surface area contributed by atoms with Gasteiger partial charge in [0.1, 0.15) is 0 Å². The van der Waals surface area contributed by atoms with Gasteiger partial charge in [-0.25, -0.2) is 0 Å². The Labute approximate surface area is 659 Å². The highest BCUT2D eigenvalue weighted by Crippen LogP contribution is 2.32. The highest BCUT2D eigenvalue weighted by atomic mass is 32.1. The first kappa shape index (κ1) is 78.3. The van der Waals surface area contributed by atoms with Gasteiger partial charge in [-0.2, -0.15) is 0 Å². The summed E-state index contributed by atoms with van der Waals surface area (Å²) in [6, 6.07) is 115. The van der Waals surface area contributed by atoms with Crippen LogP contribution in [0.25, 0.3) is 22.3 Å². The Morgan fingerprint density at radius 2 is 0.345 bits per heavy atom. The van der Waals surface area contributed by atoms with Crippen molar-refractivity contribution in [2.45, 2.75) is 23.6 Å². The Balaban J connectivity index is 0.000000147. The van der Waals surface area contributed by atoms with E-state index in [2.05, 4.69) is 166 Å². The maximum absolute atomic E-state index is 13.0. The molecule has 110 heavy (non-hydrogen) atoms. The van der Waals surface area contributed by atoms with Crippen molar-refractivity contribution in [3.63, 3.8) is 0 Å². The van der Waals surface area contributed by atoms with Crippen LogP contribution in [0, 0.1) is 13.8 Å². The SMILES string of the molecule is CN(C)c1ccc(C(=O)c2ccc(N(C)c3ccc(N(C)C)cc3)cc2)cc1.CN(c1ccc(C(=O)c2ccc(-c3ccccc3)cc2)cc1)c1ccc(-c2ccccc2)cc1.CN(c1ccc(S)cc1)c1ccc(C(=O)c2ccc(S)cc2)cc1.Cc1ccc(C(=O)c2ccc(N(C)c3ccc(C)cc3)cc2)cc1. The van der Waals surface area contributed by atoms with Gasteiger partial charge in [-0.3, -0.25) is 19.2 Å². The monoisotopic (exact) mass is 1480 g/mol. The number of aryl methyl sites for hydroxylation is 2. The average molecular weight is 1480 g/mol. The molecule has 0 N–H and O–H groups in total. The van der Waals surface area contributed by atoms with Crippen LogP contribution in [0.2, 0.25) is 0 Å². The molecule has 0 unspecified atom stereocenters. The molecular weight excluding hydrogens is 1390 g/mol. The van der Waals surface area contributed by atoms with Gasteiger partial charge in [-0.1, -0.05) is 145 Å².